The SMILES string of the molecule is CC1CCCC(N)(C(=O)c2ccc(OC3CC3)cc2)C1. The van der Waals surface area contributed by atoms with Crippen LogP contribution in [0.1, 0.15) is 55.8 Å². The van der Waals surface area contributed by atoms with E-state index in [1.807, 2.05) is 24.3 Å². The van der Waals surface area contributed by atoms with Crippen LogP contribution in [0.25, 0.3) is 0 Å². The van der Waals surface area contributed by atoms with E-state index in [2.05, 4.69) is 6.92 Å². The van der Waals surface area contributed by atoms with Crippen LogP contribution in [0.4, 0.5) is 0 Å². The highest BCUT2D eigenvalue weighted by Crippen LogP contribution is 2.33. The molecule has 0 saturated heterocycles. The number of Topliss-reactive ketones (excluding diaryl/α,β-unsaturated/α-hetero) is 1. The minimum atomic E-state index is -0.670. The Balaban J connectivity index is 1.72. The summed E-state index contributed by atoms with van der Waals surface area (Å²) in [6.45, 7) is 2.18. The van der Waals surface area contributed by atoms with Gasteiger partial charge in [-0.2, -0.15) is 0 Å². The summed E-state index contributed by atoms with van der Waals surface area (Å²) in [7, 11) is 0. The predicted octanol–water partition coefficient (Wildman–Crippen LogP) is 3.32. The molecule has 3 nitrogen and oxygen atoms in total. The second-order valence-electron chi connectivity index (χ2n) is 6.53. The van der Waals surface area contributed by atoms with E-state index in [0.717, 1.165) is 37.9 Å². The number of hydrogen-bond acceptors (Lipinski definition) is 3. The van der Waals surface area contributed by atoms with Crippen molar-refractivity contribution in [2.45, 2.75) is 57.1 Å². The molecule has 0 spiro atoms. The first-order valence-corrected chi connectivity index (χ1v) is 7.67. The molecule has 0 heterocycles. The Morgan fingerprint density at radius 1 is 1.25 bits per heavy atom. The third-order valence-corrected chi connectivity index (χ3v) is 4.43. The highest BCUT2D eigenvalue weighted by atomic mass is 16.5. The molecule has 2 fully saturated rings. The Hall–Kier alpha value is -1.35. The standard InChI is InChI=1S/C17H23NO2/c1-12-3-2-10-17(18,11-12)16(19)13-4-6-14(7-5-13)20-15-8-9-15/h4-7,12,15H,2-3,8-11,18H2,1H3. The lowest BCUT2D eigenvalue weighted by molar-refractivity contribution is 0.0819. The Morgan fingerprint density at radius 3 is 2.55 bits per heavy atom. The van der Waals surface area contributed by atoms with E-state index >= 15 is 0 Å². The van der Waals surface area contributed by atoms with Crippen molar-refractivity contribution in [1.82, 2.24) is 0 Å². The topological polar surface area (TPSA) is 52.3 Å². The highest BCUT2D eigenvalue weighted by molar-refractivity contribution is 6.03. The van der Waals surface area contributed by atoms with Gasteiger partial charge in [0, 0.05) is 5.56 Å². The third kappa shape index (κ3) is 2.88. The van der Waals surface area contributed by atoms with Crippen molar-refractivity contribution in [3.05, 3.63) is 29.8 Å². The molecule has 0 aliphatic heterocycles. The van der Waals surface area contributed by atoms with Gasteiger partial charge in [-0.25, -0.2) is 0 Å². The average Bonchev–Trinajstić information content (AvgIpc) is 3.22. The lowest BCUT2D eigenvalue weighted by Gasteiger charge is -2.35. The van der Waals surface area contributed by atoms with Crippen LogP contribution in [0.2, 0.25) is 0 Å². The normalized spacial score (nSPS) is 30.0. The average molecular weight is 273 g/mol. The zero-order chi connectivity index (χ0) is 14.2. The minimum absolute atomic E-state index is 0.0852. The first-order valence-electron chi connectivity index (χ1n) is 7.67. The molecule has 0 bridgehead atoms. The van der Waals surface area contributed by atoms with Crippen molar-refractivity contribution < 1.29 is 9.53 Å². The number of benzene rings is 1. The van der Waals surface area contributed by atoms with Crippen LogP contribution in [0.15, 0.2) is 24.3 Å². The molecule has 2 unspecified atom stereocenters. The van der Waals surface area contributed by atoms with Gasteiger partial charge in [-0.05, 0) is 55.9 Å². The van der Waals surface area contributed by atoms with E-state index < -0.39 is 5.54 Å². The van der Waals surface area contributed by atoms with Crippen molar-refractivity contribution in [1.29, 1.82) is 0 Å². The van der Waals surface area contributed by atoms with E-state index in [9.17, 15) is 4.79 Å². The van der Waals surface area contributed by atoms with Gasteiger partial charge in [0.1, 0.15) is 5.75 Å². The van der Waals surface area contributed by atoms with E-state index in [0.29, 0.717) is 17.6 Å². The van der Waals surface area contributed by atoms with Crippen molar-refractivity contribution in [3.63, 3.8) is 0 Å². The molecule has 2 saturated carbocycles. The van der Waals surface area contributed by atoms with Crippen molar-refractivity contribution >= 4 is 5.78 Å². The molecular weight excluding hydrogens is 250 g/mol. The van der Waals surface area contributed by atoms with Crippen LogP contribution in [0.3, 0.4) is 0 Å². The molecule has 2 aliphatic carbocycles. The molecular formula is C17H23NO2. The van der Waals surface area contributed by atoms with Crippen LogP contribution in [-0.4, -0.2) is 17.4 Å². The minimum Gasteiger partial charge on any atom is -0.490 e. The van der Waals surface area contributed by atoms with E-state index in [1.165, 1.54) is 6.42 Å². The van der Waals surface area contributed by atoms with Crippen LogP contribution < -0.4 is 10.5 Å². The number of carbonyl (C=O) groups excluding carboxylic acids is 1. The monoisotopic (exact) mass is 273 g/mol. The first-order chi connectivity index (χ1) is 9.57. The maximum atomic E-state index is 12.6. The molecule has 2 aliphatic rings. The Bertz CT molecular complexity index is 492. The summed E-state index contributed by atoms with van der Waals surface area (Å²) in [5.41, 5.74) is 6.42. The smallest absolute Gasteiger partial charge is 0.182 e. The quantitative estimate of drug-likeness (QED) is 0.856. The van der Waals surface area contributed by atoms with Crippen LogP contribution in [0.5, 0.6) is 5.75 Å². The fourth-order valence-electron chi connectivity index (χ4n) is 3.15. The van der Waals surface area contributed by atoms with Crippen molar-refractivity contribution in [2.24, 2.45) is 11.7 Å². The number of ether oxygens (including phenoxy) is 1. The molecule has 3 heteroatoms. The van der Waals surface area contributed by atoms with Gasteiger partial charge in [-0.1, -0.05) is 19.8 Å². The fraction of sp³-hybridized carbons (Fsp3) is 0.588. The molecule has 1 aromatic rings. The summed E-state index contributed by atoms with van der Waals surface area (Å²) in [6, 6.07) is 7.49. The number of ketones is 1. The van der Waals surface area contributed by atoms with E-state index in [-0.39, 0.29) is 5.78 Å². The second-order valence-corrected chi connectivity index (χ2v) is 6.53. The van der Waals surface area contributed by atoms with E-state index in [1.54, 1.807) is 0 Å². The molecule has 2 N–H and O–H groups in total. The summed E-state index contributed by atoms with van der Waals surface area (Å²) < 4.78 is 5.71. The van der Waals surface area contributed by atoms with Gasteiger partial charge in [0.05, 0.1) is 11.6 Å². The number of rotatable bonds is 4. The maximum Gasteiger partial charge on any atom is 0.182 e. The van der Waals surface area contributed by atoms with Crippen LogP contribution in [0, 0.1) is 5.92 Å². The Labute approximate surface area is 120 Å². The van der Waals surface area contributed by atoms with Crippen LogP contribution >= 0.6 is 0 Å². The number of hydrogen-bond donors (Lipinski definition) is 1. The van der Waals surface area contributed by atoms with Gasteiger partial charge < -0.3 is 10.5 Å². The van der Waals surface area contributed by atoms with Gasteiger partial charge >= 0.3 is 0 Å². The lowest BCUT2D eigenvalue weighted by Crippen LogP contribution is -2.51. The summed E-state index contributed by atoms with van der Waals surface area (Å²) in [5.74, 6) is 1.48. The molecule has 0 radical (unpaired) electrons. The van der Waals surface area contributed by atoms with Crippen LogP contribution in [-0.2, 0) is 0 Å². The van der Waals surface area contributed by atoms with Crippen molar-refractivity contribution in [2.75, 3.05) is 0 Å². The van der Waals surface area contributed by atoms with Gasteiger partial charge in [-0.3, -0.25) is 4.79 Å². The summed E-state index contributed by atoms with van der Waals surface area (Å²) in [4.78, 5) is 12.6. The molecule has 0 amide bonds. The summed E-state index contributed by atoms with van der Waals surface area (Å²) in [5, 5.41) is 0. The van der Waals surface area contributed by atoms with Gasteiger partial charge in [0.2, 0.25) is 0 Å². The fourth-order valence-corrected chi connectivity index (χ4v) is 3.15. The maximum absolute atomic E-state index is 12.6. The number of nitrogens with two attached hydrogens (primary N) is 1. The Morgan fingerprint density at radius 2 is 1.95 bits per heavy atom. The lowest BCUT2D eigenvalue weighted by atomic mass is 9.73. The zero-order valence-corrected chi connectivity index (χ0v) is 12.1. The third-order valence-electron chi connectivity index (χ3n) is 4.43. The highest BCUT2D eigenvalue weighted by Gasteiger charge is 2.38. The Kier molecular flexibility index (Phi) is 3.55. The van der Waals surface area contributed by atoms with Gasteiger partial charge in [0.15, 0.2) is 5.78 Å². The first kappa shape index (κ1) is 13.6. The largest absolute Gasteiger partial charge is 0.490 e. The summed E-state index contributed by atoms with van der Waals surface area (Å²) >= 11 is 0. The van der Waals surface area contributed by atoms with E-state index in [4.69, 9.17) is 10.5 Å². The summed E-state index contributed by atoms with van der Waals surface area (Å²) in [6.07, 6.45) is 6.50. The van der Waals surface area contributed by atoms with Gasteiger partial charge in [-0.15, -0.1) is 0 Å². The molecule has 20 heavy (non-hydrogen) atoms. The molecule has 0 aromatic heterocycles. The molecule has 2 atom stereocenters. The predicted molar refractivity (Wildman–Crippen MR) is 79.0 cm³/mol. The number of carbonyl (C=O) groups is 1. The van der Waals surface area contributed by atoms with Crippen molar-refractivity contribution in [3.8, 4) is 5.75 Å². The molecule has 1 aromatic carbocycles. The molecule has 108 valence electrons. The molecule has 3 rings (SSSR count). The second kappa shape index (κ2) is 5.21. The van der Waals surface area contributed by atoms with Gasteiger partial charge in [0.25, 0.3) is 0 Å². The zero-order valence-electron chi connectivity index (χ0n) is 12.1.